The van der Waals surface area contributed by atoms with Crippen molar-refractivity contribution in [1.29, 1.82) is 0 Å². The third-order valence-corrected chi connectivity index (χ3v) is 4.16. The second-order valence-electron chi connectivity index (χ2n) is 4.40. The topological polar surface area (TPSA) is 43.6 Å². The van der Waals surface area contributed by atoms with Gasteiger partial charge in [0, 0.05) is 4.90 Å². The van der Waals surface area contributed by atoms with Gasteiger partial charge in [-0.1, -0.05) is 36.4 Å². The Kier molecular flexibility index (Phi) is 3.78. The Labute approximate surface area is 121 Å². The van der Waals surface area contributed by atoms with E-state index in [1.165, 1.54) is 10.5 Å². The van der Waals surface area contributed by atoms with Crippen LogP contribution in [0.3, 0.4) is 0 Å². The van der Waals surface area contributed by atoms with Gasteiger partial charge in [0.15, 0.2) is 5.82 Å². The largest absolute Gasteiger partial charge is 0.196 e. The molecule has 0 fully saturated rings. The van der Waals surface area contributed by atoms with Gasteiger partial charge in [0.1, 0.15) is 0 Å². The van der Waals surface area contributed by atoms with Crippen LogP contribution in [0.4, 0.5) is 0 Å². The van der Waals surface area contributed by atoms with E-state index in [0.717, 1.165) is 17.3 Å². The first-order valence-electron chi connectivity index (χ1n) is 6.36. The number of thioether (sulfide) groups is 1. The molecule has 0 spiro atoms. The average molecular weight is 282 g/mol. The molecule has 0 saturated heterocycles. The maximum absolute atomic E-state index is 4.12. The van der Waals surface area contributed by atoms with Crippen molar-refractivity contribution < 1.29 is 0 Å². The van der Waals surface area contributed by atoms with E-state index in [1.54, 1.807) is 16.4 Å². The SMILES string of the molecule is Cc1ccccc1SCc1nnnn1-c1ccccc1. The minimum absolute atomic E-state index is 0.743. The zero-order valence-corrected chi connectivity index (χ0v) is 11.9. The van der Waals surface area contributed by atoms with Crippen molar-refractivity contribution in [1.82, 2.24) is 20.2 Å². The van der Waals surface area contributed by atoms with Gasteiger partial charge in [0.2, 0.25) is 0 Å². The van der Waals surface area contributed by atoms with Crippen LogP contribution in [0.25, 0.3) is 5.69 Å². The van der Waals surface area contributed by atoms with E-state index in [1.807, 2.05) is 36.4 Å². The third-order valence-electron chi connectivity index (χ3n) is 2.99. The number of aryl methyl sites for hydroxylation is 1. The van der Waals surface area contributed by atoms with Gasteiger partial charge in [0.05, 0.1) is 11.4 Å². The first-order valence-corrected chi connectivity index (χ1v) is 7.34. The molecule has 0 bridgehead atoms. The summed E-state index contributed by atoms with van der Waals surface area (Å²) in [6, 6.07) is 18.3. The van der Waals surface area contributed by atoms with Gasteiger partial charge in [-0.05, 0) is 41.1 Å². The lowest BCUT2D eigenvalue weighted by atomic mass is 10.2. The summed E-state index contributed by atoms with van der Waals surface area (Å²) < 4.78 is 1.78. The van der Waals surface area contributed by atoms with Crippen molar-refractivity contribution >= 4 is 11.8 Å². The van der Waals surface area contributed by atoms with Crippen LogP contribution in [-0.2, 0) is 5.75 Å². The van der Waals surface area contributed by atoms with Crippen LogP contribution in [0.1, 0.15) is 11.4 Å². The molecule has 0 saturated carbocycles. The van der Waals surface area contributed by atoms with E-state index < -0.39 is 0 Å². The number of tetrazole rings is 1. The van der Waals surface area contributed by atoms with Gasteiger partial charge in [-0.25, -0.2) is 0 Å². The van der Waals surface area contributed by atoms with E-state index in [4.69, 9.17) is 0 Å². The van der Waals surface area contributed by atoms with Crippen LogP contribution in [0.15, 0.2) is 59.5 Å². The number of rotatable bonds is 4. The second kappa shape index (κ2) is 5.88. The molecule has 3 aromatic rings. The van der Waals surface area contributed by atoms with Crippen LogP contribution in [0, 0.1) is 6.92 Å². The van der Waals surface area contributed by atoms with Gasteiger partial charge in [-0.15, -0.1) is 16.9 Å². The number of hydrogen-bond donors (Lipinski definition) is 0. The van der Waals surface area contributed by atoms with Crippen molar-refractivity contribution in [3.8, 4) is 5.69 Å². The molecule has 0 unspecified atom stereocenters. The highest BCUT2D eigenvalue weighted by Crippen LogP contribution is 2.25. The van der Waals surface area contributed by atoms with Crippen molar-refractivity contribution in [2.24, 2.45) is 0 Å². The highest BCUT2D eigenvalue weighted by atomic mass is 32.2. The number of nitrogens with zero attached hydrogens (tertiary/aromatic N) is 4. The van der Waals surface area contributed by atoms with Crippen LogP contribution in [0.5, 0.6) is 0 Å². The fourth-order valence-electron chi connectivity index (χ4n) is 1.93. The molecule has 0 aliphatic heterocycles. The summed E-state index contributed by atoms with van der Waals surface area (Å²) >= 11 is 1.75. The summed E-state index contributed by atoms with van der Waals surface area (Å²) in [7, 11) is 0. The molecule has 20 heavy (non-hydrogen) atoms. The average Bonchev–Trinajstić information content (AvgIpc) is 2.96. The highest BCUT2D eigenvalue weighted by Gasteiger charge is 2.09. The van der Waals surface area contributed by atoms with E-state index in [-0.39, 0.29) is 0 Å². The lowest BCUT2D eigenvalue weighted by Crippen LogP contribution is -2.01. The number of para-hydroxylation sites is 1. The lowest BCUT2D eigenvalue weighted by Gasteiger charge is -2.06. The van der Waals surface area contributed by atoms with Gasteiger partial charge in [-0.3, -0.25) is 0 Å². The van der Waals surface area contributed by atoms with E-state index >= 15 is 0 Å². The fraction of sp³-hybridized carbons (Fsp3) is 0.133. The third kappa shape index (κ3) is 2.72. The summed E-state index contributed by atoms with van der Waals surface area (Å²) in [4.78, 5) is 1.26. The van der Waals surface area contributed by atoms with Crippen LogP contribution < -0.4 is 0 Å². The zero-order chi connectivity index (χ0) is 13.8. The van der Waals surface area contributed by atoms with Gasteiger partial charge in [-0.2, -0.15) is 4.68 Å². The molecule has 0 N–H and O–H groups in total. The maximum Gasteiger partial charge on any atom is 0.166 e. The minimum Gasteiger partial charge on any atom is -0.196 e. The van der Waals surface area contributed by atoms with Crippen LogP contribution in [-0.4, -0.2) is 20.2 Å². The molecule has 0 aliphatic rings. The van der Waals surface area contributed by atoms with Crippen molar-refractivity contribution in [3.63, 3.8) is 0 Å². The van der Waals surface area contributed by atoms with Gasteiger partial charge in [0.25, 0.3) is 0 Å². The molecular formula is C15H14N4S. The lowest BCUT2D eigenvalue weighted by molar-refractivity contribution is 0.777. The predicted molar refractivity (Wildman–Crippen MR) is 79.9 cm³/mol. The molecule has 0 atom stereocenters. The van der Waals surface area contributed by atoms with Gasteiger partial charge < -0.3 is 0 Å². The van der Waals surface area contributed by atoms with E-state index in [0.29, 0.717) is 0 Å². The first kappa shape index (κ1) is 12.9. The molecule has 2 aromatic carbocycles. The quantitative estimate of drug-likeness (QED) is 0.689. The highest BCUT2D eigenvalue weighted by molar-refractivity contribution is 7.98. The fourth-order valence-corrected chi connectivity index (χ4v) is 2.86. The molecule has 1 heterocycles. The number of hydrogen-bond acceptors (Lipinski definition) is 4. The Morgan fingerprint density at radius 1 is 1.00 bits per heavy atom. The normalized spacial score (nSPS) is 10.7. The summed E-state index contributed by atoms with van der Waals surface area (Å²) in [6.07, 6.45) is 0. The molecule has 0 radical (unpaired) electrons. The molecule has 100 valence electrons. The Bertz CT molecular complexity index is 694. The summed E-state index contributed by atoms with van der Waals surface area (Å²) in [6.45, 7) is 2.11. The van der Waals surface area contributed by atoms with Crippen LogP contribution >= 0.6 is 11.8 Å². The number of aromatic nitrogens is 4. The first-order chi connectivity index (χ1) is 9.84. The Hall–Kier alpha value is -2.14. The Balaban J connectivity index is 1.80. The molecule has 4 nitrogen and oxygen atoms in total. The number of benzene rings is 2. The van der Waals surface area contributed by atoms with Crippen molar-refractivity contribution in [2.45, 2.75) is 17.6 Å². The second-order valence-corrected chi connectivity index (χ2v) is 5.41. The standard InChI is InChI=1S/C15H14N4S/c1-12-7-5-6-10-14(12)20-11-15-16-17-18-19(15)13-8-3-2-4-9-13/h2-10H,11H2,1H3. The van der Waals surface area contributed by atoms with Gasteiger partial charge >= 0.3 is 0 Å². The monoisotopic (exact) mass is 282 g/mol. The minimum atomic E-state index is 0.743. The molecule has 3 rings (SSSR count). The zero-order valence-electron chi connectivity index (χ0n) is 11.1. The molecule has 0 amide bonds. The predicted octanol–water partition coefficient (Wildman–Crippen LogP) is 3.26. The summed E-state index contributed by atoms with van der Waals surface area (Å²) in [5.74, 6) is 1.59. The summed E-state index contributed by atoms with van der Waals surface area (Å²) in [5, 5.41) is 12.0. The Morgan fingerprint density at radius 3 is 2.55 bits per heavy atom. The van der Waals surface area contributed by atoms with Crippen molar-refractivity contribution in [3.05, 3.63) is 66.0 Å². The molecule has 1 aromatic heterocycles. The van der Waals surface area contributed by atoms with Crippen molar-refractivity contribution in [2.75, 3.05) is 0 Å². The molecule has 0 aliphatic carbocycles. The smallest absolute Gasteiger partial charge is 0.166 e. The summed E-state index contributed by atoms with van der Waals surface area (Å²) in [5.41, 5.74) is 2.26. The molecular weight excluding hydrogens is 268 g/mol. The van der Waals surface area contributed by atoms with E-state index in [2.05, 4.69) is 40.6 Å². The van der Waals surface area contributed by atoms with Crippen LogP contribution in [0.2, 0.25) is 0 Å². The Morgan fingerprint density at radius 2 is 1.75 bits per heavy atom. The van der Waals surface area contributed by atoms with E-state index in [9.17, 15) is 0 Å². The molecule has 5 heteroatoms. The maximum atomic E-state index is 4.12.